The molecule has 3 fully saturated rings. The second-order valence-electron chi connectivity index (χ2n) is 6.28. The van der Waals surface area contributed by atoms with Gasteiger partial charge >= 0.3 is 0 Å². The molecule has 0 aromatic carbocycles. The number of nitrogens with two attached hydrogens (primary N) is 1. The second-order valence-corrected chi connectivity index (χ2v) is 6.28. The number of morpholine rings is 1. The molecular weight excluding hydrogens is 240 g/mol. The van der Waals surface area contributed by atoms with Crippen molar-refractivity contribution >= 4 is 0 Å². The number of nitrogens with zero attached hydrogens (tertiary/aromatic N) is 1. The fourth-order valence-corrected chi connectivity index (χ4v) is 4.21. The van der Waals surface area contributed by atoms with Gasteiger partial charge in [-0.05, 0) is 31.6 Å². The molecule has 2 aliphatic heterocycles. The van der Waals surface area contributed by atoms with E-state index in [9.17, 15) is 0 Å². The average Bonchev–Trinajstić information content (AvgIpc) is 2.49. The summed E-state index contributed by atoms with van der Waals surface area (Å²) in [5.74, 6) is 0.624. The van der Waals surface area contributed by atoms with Gasteiger partial charge in [0.2, 0.25) is 0 Å². The molecule has 2 heterocycles. The van der Waals surface area contributed by atoms with Crippen molar-refractivity contribution in [3.63, 3.8) is 0 Å². The quantitative estimate of drug-likeness (QED) is 0.840. The van der Waals surface area contributed by atoms with Crippen LogP contribution in [0.25, 0.3) is 0 Å². The average molecular weight is 268 g/mol. The van der Waals surface area contributed by atoms with Crippen LogP contribution in [0.5, 0.6) is 0 Å². The van der Waals surface area contributed by atoms with E-state index in [0.717, 1.165) is 32.9 Å². The van der Waals surface area contributed by atoms with Gasteiger partial charge in [0.15, 0.2) is 0 Å². The zero-order chi connectivity index (χ0) is 13.1. The minimum absolute atomic E-state index is 0.459. The highest BCUT2D eigenvalue weighted by atomic mass is 16.5. The van der Waals surface area contributed by atoms with Crippen LogP contribution in [0.1, 0.15) is 38.5 Å². The van der Waals surface area contributed by atoms with Gasteiger partial charge in [-0.25, -0.2) is 0 Å². The zero-order valence-corrected chi connectivity index (χ0v) is 11.9. The van der Waals surface area contributed by atoms with Crippen molar-refractivity contribution < 1.29 is 9.47 Å². The molecule has 0 spiro atoms. The molecule has 2 N–H and O–H groups in total. The molecule has 4 atom stereocenters. The van der Waals surface area contributed by atoms with Crippen LogP contribution in [0.2, 0.25) is 0 Å². The molecular formula is C15H28N2O2. The van der Waals surface area contributed by atoms with E-state index in [2.05, 4.69) is 4.90 Å². The molecule has 2 saturated heterocycles. The Bertz CT molecular complexity index is 279. The van der Waals surface area contributed by atoms with E-state index in [-0.39, 0.29) is 0 Å². The molecule has 0 bridgehead atoms. The minimum atomic E-state index is 0.459. The highest BCUT2D eigenvalue weighted by Crippen LogP contribution is 2.32. The lowest BCUT2D eigenvalue weighted by atomic mass is 9.85. The SMILES string of the molecule is NCC(C1CCCOC1)N1CCOC2CCCCC21. The molecule has 110 valence electrons. The summed E-state index contributed by atoms with van der Waals surface area (Å²) >= 11 is 0. The van der Waals surface area contributed by atoms with E-state index in [1.807, 2.05) is 0 Å². The summed E-state index contributed by atoms with van der Waals surface area (Å²) < 4.78 is 11.7. The largest absolute Gasteiger partial charge is 0.381 e. The highest BCUT2D eigenvalue weighted by Gasteiger charge is 2.39. The number of rotatable bonds is 3. The Labute approximate surface area is 116 Å². The lowest BCUT2D eigenvalue weighted by molar-refractivity contribution is -0.116. The topological polar surface area (TPSA) is 47.7 Å². The summed E-state index contributed by atoms with van der Waals surface area (Å²) in [5.41, 5.74) is 6.12. The third kappa shape index (κ3) is 2.97. The van der Waals surface area contributed by atoms with Crippen LogP contribution in [0.15, 0.2) is 0 Å². The first-order valence-electron chi connectivity index (χ1n) is 8.05. The van der Waals surface area contributed by atoms with E-state index in [4.69, 9.17) is 15.2 Å². The third-order valence-corrected chi connectivity index (χ3v) is 5.18. The summed E-state index contributed by atoms with van der Waals surface area (Å²) in [4.78, 5) is 2.67. The van der Waals surface area contributed by atoms with E-state index in [0.29, 0.717) is 24.1 Å². The molecule has 19 heavy (non-hydrogen) atoms. The lowest BCUT2D eigenvalue weighted by Crippen LogP contribution is -2.60. The Morgan fingerprint density at radius 1 is 1.11 bits per heavy atom. The van der Waals surface area contributed by atoms with Gasteiger partial charge in [0, 0.05) is 31.8 Å². The first-order chi connectivity index (χ1) is 9.40. The van der Waals surface area contributed by atoms with Crippen LogP contribution >= 0.6 is 0 Å². The molecule has 0 radical (unpaired) electrons. The Kier molecular flexibility index (Phi) is 4.74. The minimum Gasteiger partial charge on any atom is -0.381 e. The summed E-state index contributed by atoms with van der Waals surface area (Å²) in [6.45, 7) is 4.53. The maximum atomic E-state index is 6.12. The Morgan fingerprint density at radius 2 is 2.00 bits per heavy atom. The van der Waals surface area contributed by atoms with Gasteiger partial charge in [-0.15, -0.1) is 0 Å². The number of hydrogen-bond donors (Lipinski definition) is 1. The molecule has 3 aliphatic rings. The van der Waals surface area contributed by atoms with E-state index >= 15 is 0 Å². The van der Waals surface area contributed by atoms with Crippen molar-refractivity contribution in [3.05, 3.63) is 0 Å². The maximum Gasteiger partial charge on any atom is 0.0731 e. The zero-order valence-electron chi connectivity index (χ0n) is 11.9. The predicted molar refractivity (Wildman–Crippen MR) is 75.1 cm³/mol. The molecule has 3 rings (SSSR count). The molecule has 1 saturated carbocycles. The van der Waals surface area contributed by atoms with Gasteiger partial charge in [0.05, 0.1) is 19.3 Å². The first kappa shape index (κ1) is 13.8. The van der Waals surface area contributed by atoms with Crippen molar-refractivity contribution in [2.24, 2.45) is 11.7 Å². The van der Waals surface area contributed by atoms with Crippen LogP contribution in [0.3, 0.4) is 0 Å². The molecule has 0 aromatic rings. The molecule has 0 aromatic heterocycles. The fourth-order valence-electron chi connectivity index (χ4n) is 4.21. The number of ether oxygens (including phenoxy) is 2. The van der Waals surface area contributed by atoms with Crippen molar-refractivity contribution in [3.8, 4) is 0 Å². The van der Waals surface area contributed by atoms with Crippen LogP contribution in [0.4, 0.5) is 0 Å². The number of hydrogen-bond acceptors (Lipinski definition) is 4. The third-order valence-electron chi connectivity index (χ3n) is 5.18. The standard InChI is InChI=1S/C15H28N2O2/c16-10-14(12-4-3-8-18-11-12)17-7-9-19-15-6-2-1-5-13(15)17/h12-15H,1-11,16H2. The Hall–Kier alpha value is -0.160. The van der Waals surface area contributed by atoms with Gasteiger partial charge in [0.25, 0.3) is 0 Å². The molecule has 0 amide bonds. The van der Waals surface area contributed by atoms with Crippen LogP contribution < -0.4 is 5.73 Å². The molecule has 1 aliphatic carbocycles. The van der Waals surface area contributed by atoms with Gasteiger partial charge < -0.3 is 15.2 Å². The van der Waals surface area contributed by atoms with Crippen LogP contribution in [0, 0.1) is 5.92 Å². The summed E-state index contributed by atoms with van der Waals surface area (Å²) in [6.07, 6.45) is 8.12. The van der Waals surface area contributed by atoms with Crippen LogP contribution in [-0.2, 0) is 9.47 Å². The molecule has 4 heteroatoms. The highest BCUT2D eigenvalue weighted by molar-refractivity contribution is 4.93. The summed E-state index contributed by atoms with van der Waals surface area (Å²) in [7, 11) is 0. The van der Waals surface area contributed by atoms with E-state index in [1.165, 1.54) is 38.5 Å². The lowest BCUT2D eigenvalue weighted by Gasteiger charge is -2.49. The summed E-state index contributed by atoms with van der Waals surface area (Å²) in [6, 6.07) is 1.10. The van der Waals surface area contributed by atoms with Crippen LogP contribution in [-0.4, -0.2) is 56.0 Å². The Morgan fingerprint density at radius 3 is 2.79 bits per heavy atom. The summed E-state index contributed by atoms with van der Waals surface area (Å²) in [5, 5.41) is 0. The Balaban J connectivity index is 1.69. The van der Waals surface area contributed by atoms with Gasteiger partial charge in [-0.1, -0.05) is 12.8 Å². The van der Waals surface area contributed by atoms with Crippen molar-refractivity contribution in [1.82, 2.24) is 4.90 Å². The normalized spacial score (nSPS) is 38.7. The van der Waals surface area contributed by atoms with Gasteiger partial charge in [-0.3, -0.25) is 4.90 Å². The van der Waals surface area contributed by atoms with Crippen molar-refractivity contribution in [1.29, 1.82) is 0 Å². The maximum absolute atomic E-state index is 6.12. The molecule has 4 nitrogen and oxygen atoms in total. The van der Waals surface area contributed by atoms with Gasteiger partial charge in [-0.2, -0.15) is 0 Å². The fraction of sp³-hybridized carbons (Fsp3) is 1.00. The first-order valence-corrected chi connectivity index (χ1v) is 8.05. The number of fused-ring (bicyclic) bond motifs is 1. The second kappa shape index (κ2) is 6.53. The smallest absolute Gasteiger partial charge is 0.0731 e. The monoisotopic (exact) mass is 268 g/mol. The van der Waals surface area contributed by atoms with Crippen molar-refractivity contribution in [2.45, 2.75) is 56.7 Å². The van der Waals surface area contributed by atoms with E-state index < -0.39 is 0 Å². The van der Waals surface area contributed by atoms with Gasteiger partial charge in [0.1, 0.15) is 0 Å². The predicted octanol–water partition coefficient (Wildman–Crippen LogP) is 1.38. The van der Waals surface area contributed by atoms with Crippen molar-refractivity contribution in [2.75, 3.05) is 32.9 Å². The molecule has 4 unspecified atom stereocenters. The van der Waals surface area contributed by atoms with E-state index in [1.54, 1.807) is 0 Å².